The van der Waals surface area contributed by atoms with Gasteiger partial charge in [-0.3, -0.25) is 0 Å². The Morgan fingerprint density at radius 2 is 1.84 bits per heavy atom. The number of carbonyl (C=O) groups excluding carboxylic acids is 1. The van der Waals surface area contributed by atoms with Crippen molar-refractivity contribution in [3.05, 3.63) is 11.6 Å². The van der Waals surface area contributed by atoms with Crippen LogP contribution in [0.4, 0.5) is 0 Å². The van der Waals surface area contributed by atoms with E-state index in [1.807, 2.05) is 0 Å². The summed E-state index contributed by atoms with van der Waals surface area (Å²) in [5.41, 5.74) is 2.50. The van der Waals surface area contributed by atoms with E-state index in [0.29, 0.717) is 10.8 Å². The van der Waals surface area contributed by atoms with Crippen LogP contribution < -0.4 is 0 Å². The summed E-state index contributed by atoms with van der Waals surface area (Å²) in [4.78, 5) is 10.7. The minimum atomic E-state index is 0. The van der Waals surface area contributed by atoms with Crippen LogP contribution in [0.3, 0.4) is 0 Å². The van der Waals surface area contributed by atoms with Gasteiger partial charge in [0.1, 0.15) is 0 Å². The Balaban J connectivity index is 0.00000272. The van der Waals surface area contributed by atoms with Crippen LogP contribution in [-0.4, -0.2) is 12.6 Å². The van der Waals surface area contributed by atoms with E-state index >= 15 is 0 Å². The van der Waals surface area contributed by atoms with Crippen molar-refractivity contribution in [2.75, 3.05) is 0 Å². The molecule has 0 heterocycles. The van der Waals surface area contributed by atoms with Crippen LogP contribution in [-0.2, 0) is 9.53 Å². The summed E-state index contributed by atoms with van der Waals surface area (Å²) >= 11 is 0. The summed E-state index contributed by atoms with van der Waals surface area (Å²) in [7, 11) is 0. The molecule has 4 aliphatic carbocycles. The second-order valence-corrected chi connectivity index (χ2v) is 12.4. The molecule has 4 rings (SSSR count). The number of hydrogen-bond acceptors (Lipinski definition) is 2. The molecule has 0 saturated heterocycles. The monoisotopic (exact) mass is 680 g/mol. The van der Waals surface area contributed by atoms with Gasteiger partial charge in [-0.25, -0.2) is 0 Å². The molecule has 0 spiro atoms. The van der Waals surface area contributed by atoms with Gasteiger partial charge in [0.2, 0.25) is 0 Å². The van der Waals surface area contributed by atoms with Crippen LogP contribution in [0.15, 0.2) is 11.6 Å². The Kier molecular flexibility index (Phi) is 6.92. The molecule has 0 aromatic carbocycles. The summed E-state index contributed by atoms with van der Waals surface area (Å²) in [6, 6.07) is 0. The molecule has 0 aromatic heterocycles. The number of fused-ring (bicyclic) bond motifs is 5. The third-order valence-corrected chi connectivity index (χ3v) is 10.5. The molecular weight excluding hydrogens is 635 g/mol. The van der Waals surface area contributed by atoms with E-state index in [9.17, 15) is 4.79 Å². The van der Waals surface area contributed by atoms with Crippen LogP contribution in [0.2, 0.25) is 0 Å². The molecule has 8 atom stereocenters. The molecule has 0 radical (unpaired) electrons. The van der Waals surface area contributed by atoms with Crippen LogP contribution in [0.5, 0.6) is 0 Å². The van der Waals surface area contributed by atoms with Gasteiger partial charge in [-0.05, 0) is 91.3 Å². The molecule has 0 bridgehead atoms. The maximum Gasteiger partial charge on any atom is 0.0634 e. The van der Waals surface area contributed by atoms with Crippen LogP contribution in [0.1, 0.15) is 105 Å². The quantitative estimate of drug-likeness (QED) is 0.206. The molecule has 0 amide bonds. The molecule has 31 heavy (non-hydrogen) atoms. The van der Waals surface area contributed by atoms with Crippen LogP contribution in [0, 0.1) is 46.3 Å². The van der Waals surface area contributed by atoms with Crippen molar-refractivity contribution >= 4 is 6.47 Å². The van der Waals surface area contributed by atoms with Crippen molar-refractivity contribution in [3.8, 4) is 0 Å². The molecule has 172 valence electrons. The van der Waals surface area contributed by atoms with Crippen LogP contribution in [0.25, 0.3) is 0 Å². The Morgan fingerprint density at radius 1 is 1.06 bits per heavy atom. The van der Waals surface area contributed by atoms with Crippen molar-refractivity contribution < 1.29 is 9.53 Å². The molecule has 3 heteroatoms. The summed E-state index contributed by atoms with van der Waals surface area (Å²) < 4.78 is 5.24. The number of rotatable bonds is 7. The zero-order valence-corrected chi connectivity index (χ0v) is 27.3. The molecule has 0 unspecified atom stereocenters. The van der Waals surface area contributed by atoms with E-state index < -0.39 is 0 Å². The predicted octanol–water partition coefficient (Wildman–Crippen LogP) is 7.48. The van der Waals surface area contributed by atoms with Gasteiger partial charge in [-0.15, -0.1) is 0 Å². The maximum atomic E-state index is 10.7. The minimum Gasteiger partial charge on any atom is -0.650 e. The van der Waals surface area contributed by atoms with Crippen molar-refractivity contribution in [2.24, 2.45) is 46.3 Å². The fourth-order valence-electron chi connectivity index (χ4n) is 8.82. The molecular formula is C28H45O2Rf-. The molecule has 0 N–H and O–H groups in total. The van der Waals surface area contributed by atoms with Gasteiger partial charge in [-0.1, -0.05) is 72.0 Å². The largest absolute Gasteiger partial charge is 0.650 e. The molecule has 3 fully saturated rings. The first-order chi connectivity index (χ1) is 14.3. The summed E-state index contributed by atoms with van der Waals surface area (Å²) in [5.74, 6) is 5.29. The second kappa shape index (κ2) is 8.99. The van der Waals surface area contributed by atoms with Crippen molar-refractivity contribution in [2.45, 2.75) is 111 Å². The zero-order chi connectivity index (χ0) is 21.5. The summed E-state index contributed by atoms with van der Waals surface area (Å²) in [6.45, 7) is 14.2. The first kappa shape index (κ1) is 23.9. The minimum absolute atomic E-state index is 0. The van der Waals surface area contributed by atoms with Gasteiger partial charge in [0.05, 0.1) is 6.10 Å². The normalized spacial score (nSPS) is 42.5. The van der Waals surface area contributed by atoms with E-state index in [1.54, 1.807) is 12.0 Å². The first-order valence-corrected chi connectivity index (χ1v) is 13.0. The molecule has 3 saturated carbocycles. The van der Waals surface area contributed by atoms with E-state index in [1.165, 1.54) is 57.8 Å². The fourth-order valence-corrected chi connectivity index (χ4v) is 8.82. The third kappa shape index (κ3) is 4.05. The Morgan fingerprint density at radius 3 is 2.55 bits per heavy atom. The maximum absolute atomic E-state index is 10.7. The second-order valence-electron chi connectivity index (χ2n) is 12.4. The Hall–Kier alpha value is -1.79. The smallest absolute Gasteiger partial charge is 0.0634 e. The first-order valence-electron chi connectivity index (χ1n) is 13.0. The van der Waals surface area contributed by atoms with E-state index in [0.717, 1.165) is 48.3 Å². The van der Waals surface area contributed by atoms with Gasteiger partial charge >= 0.3 is 0 Å². The predicted molar refractivity (Wildman–Crippen MR) is 124 cm³/mol. The fraction of sp³-hybridized carbons (Fsp3) is 0.893. The SMILES string of the molecule is CC(C)CCC[C@@H](C)[C@H]1CC[C@H]2[C@@H]3CC=C4C[C@@H](O[C-]=O)CC[C@]4(C)[C@H]3CC[C@]12C.[Rf]. The topological polar surface area (TPSA) is 26.3 Å². The number of hydrogen-bond donors (Lipinski definition) is 0. The van der Waals surface area contributed by atoms with E-state index in [4.69, 9.17) is 4.74 Å². The van der Waals surface area contributed by atoms with Gasteiger partial charge in [0.15, 0.2) is 0 Å². The average Bonchev–Trinajstić information content (AvgIpc) is 3.05. The molecule has 4 aliphatic rings. The van der Waals surface area contributed by atoms with Gasteiger partial charge < -0.3 is 9.53 Å². The van der Waals surface area contributed by atoms with E-state index in [-0.39, 0.29) is 6.10 Å². The van der Waals surface area contributed by atoms with Gasteiger partial charge in [0.25, 0.3) is 0 Å². The molecule has 0 aromatic rings. The summed E-state index contributed by atoms with van der Waals surface area (Å²) in [5, 5.41) is 0. The zero-order valence-electron chi connectivity index (χ0n) is 20.9. The standard InChI is InChI=1S/C28H45O2.Rf/c1-19(2)7-6-8-20(3)24-11-12-25-23-10-9-21-17-22(30-18-29)13-15-27(21,4)26(23)14-16-28(24,25)5;/h9,19-20,22-26H,6-8,10-17H2,1-5H3;/q-1;/t20-,22+,23+,24-,25+,26+,27+,28-;/m1./s1. The van der Waals surface area contributed by atoms with Gasteiger partial charge in [-0.2, -0.15) is 0 Å². The summed E-state index contributed by atoms with van der Waals surface area (Å²) in [6.07, 6.45) is 17.1. The third-order valence-electron chi connectivity index (χ3n) is 10.5. The Labute approximate surface area is 185 Å². The number of ether oxygens (including phenoxy) is 1. The van der Waals surface area contributed by atoms with E-state index in [2.05, 4.69) is 40.7 Å². The molecule has 0 aliphatic heterocycles. The van der Waals surface area contributed by atoms with Crippen molar-refractivity contribution in [1.29, 1.82) is 0 Å². The van der Waals surface area contributed by atoms with Crippen molar-refractivity contribution in [3.63, 3.8) is 0 Å². The Bertz CT molecular complexity index is 657. The van der Waals surface area contributed by atoms with Crippen molar-refractivity contribution in [1.82, 2.24) is 0 Å². The van der Waals surface area contributed by atoms with Crippen LogP contribution >= 0.6 is 0 Å². The van der Waals surface area contributed by atoms with Gasteiger partial charge in [0, 0.05) is 6.42 Å². The average molecular weight is 681 g/mol. The number of allylic oxidation sites excluding steroid dienone is 1. The molecule has 2 nitrogen and oxygen atoms in total.